The standard InChI is InChI=1S/C21H26FN7O3/c1-21(3-4-21)25-20(30)32-17-8-12(7-14(17)22)15-10-18(27-26-15)24-19-16-9-13(11-31-2)28-29(16)6-5-23-19/h5-6,9-10,12,14,17H,3-4,7-8,11H2,1-2H3,(H,25,30)(H2,23,24,26,27)/t12-,14-,17-/m1/s1. The molecule has 0 bridgehead atoms. The van der Waals surface area contributed by atoms with E-state index in [1.807, 2.05) is 19.1 Å². The first-order valence-electron chi connectivity index (χ1n) is 10.7. The van der Waals surface area contributed by atoms with Gasteiger partial charge in [-0.2, -0.15) is 10.2 Å². The smallest absolute Gasteiger partial charge is 0.407 e. The maximum atomic E-state index is 14.5. The molecule has 32 heavy (non-hydrogen) atoms. The number of hydrogen-bond acceptors (Lipinski definition) is 7. The molecule has 2 saturated carbocycles. The van der Waals surface area contributed by atoms with E-state index in [1.54, 1.807) is 24.0 Å². The second kappa shape index (κ2) is 8.05. The Balaban J connectivity index is 1.24. The molecule has 10 nitrogen and oxygen atoms in total. The number of fused-ring (bicyclic) bond motifs is 1. The highest BCUT2D eigenvalue weighted by atomic mass is 19.1. The second-order valence-electron chi connectivity index (χ2n) is 8.82. The molecule has 1 amide bonds. The summed E-state index contributed by atoms with van der Waals surface area (Å²) in [6.07, 6.45) is 3.42. The number of hydrogen-bond donors (Lipinski definition) is 3. The fraction of sp³-hybridized carbons (Fsp3) is 0.524. The number of alkyl carbamates (subject to hydrolysis) is 1. The van der Waals surface area contributed by atoms with Crippen molar-refractivity contribution in [1.29, 1.82) is 0 Å². The second-order valence-corrected chi connectivity index (χ2v) is 8.82. The van der Waals surface area contributed by atoms with E-state index in [2.05, 4.69) is 30.9 Å². The quantitative estimate of drug-likeness (QED) is 0.513. The van der Waals surface area contributed by atoms with Crippen LogP contribution in [0.3, 0.4) is 0 Å². The van der Waals surface area contributed by atoms with E-state index < -0.39 is 18.4 Å². The summed E-state index contributed by atoms with van der Waals surface area (Å²) < 4.78 is 26.8. The van der Waals surface area contributed by atoms with Gasteiger partial charge in [-0.3, -0.25) is 5.10 Å². The molecule has 11 heteroatoms. The number of anilines is 2. The number of alkyl halides is 1. The zero-order valence-electron chi connectivity index (χ0n) is 18.0. The lowest BCUT2D eigenvalue weighted by atomic mass is 10.0. The van der Waals surface area contributed by atoms with Crippen LogP contribution in [0.4, 0.5) is 20.8 Å². The zero-order chi connectivity index (χ0) is 22.3. The van der Waals surface area contributed by atoms with Gasteiger partial charge in [0, 0.05) is 42.7 Å². The highest BCUT2D eigenvalue weighted by molar-refractivity contribution is 5.72. The Hall–Kier alpha value is -3.21. The normalized spacial score (nSPS) is 23.9. The predicted molar refractivity (Wildman–Crippen MR) is 113 cm³/mol. The van der Waals surface area contributed by atoms with Crippen molar-refractivity contribution < 1.29 is 18.7 Å². The first-order valence-corrected chi connectivity index (χ1v) is 10.7. The molecule has 3 heterocycles. The minimum Gasteiger partial charge on any atom is -0.443 e. The number of nitrogens with zero attached hydrogens (tertiary/aromatic N) is 4. The highest BCUT2D eigenvalue weighted by Crippen LogP contribution is 2.39. The molecule has 0 aliphatic heterocycles. The fourth-order valence-corrected chi connectivity index (χ4v) is 4.07. The van der Waals surface area contributed by atoms with E-state index in [1.165, 1.54) is 0 Å². The third-order valence-corrected chi connectivity index (χ3v) is 6.11. The largest absolute Gasteiger partial charge is 0.443 e. The molecule has 0 saturated heterocycles. The van der Waals surface area contributed by atoms with Crippen molar-refractivity contribution in [2.45, 2.75) is 62.9 Å². The average molecular weight is 443 g/mol. The van der Waals surface area contributed by atoms with Crippen molar-refractivity contribution in [2.24, 2.45) is 0 Å². The maximum absolute atomic E-state index is 14.5. The minimum absolute atomic E-state index is 0.116. The molecule has 3 N–H and O–H groups in total. The van der Waals surface area contributed by atoms with E-state index in [0.29, 0.717) is 24.7 Å². The predicted octanol–water partition coefficient (Wildman–Crippen LogP) is 3.21. The van der Waals surface area contributed by atoms with Gasteiger partial charge in [-0.15, -0.1) is 0 Å². The number of halogens is 1. The summed E-state index contributed by atoms with van der Waals surface area (Å²) >= 11 is 0. The summed E-state index contributed by atoms with van der Waals surface area (Å²) in [6.45, 7) is 2.36. The Labute approximate surface area is 183 Å². The van der Waals surface area contributed by atoms with Gasteiger partial charge in [0.25, 0.3) is 0 Å². The van der Waals surface area contributed by atoms with Gasteiger partial charge in [-0.25, -0.2) is 18.7 Å². The zero-order valence-corrected chi connectivity index (χ0v) is 18.0. The summed E-state index contributed by atoms with van der Waals surface area (Å²) in [5.74, 6) is 1.05. The van der Waals surface area contributed by atoms with Crippen molar-refractivity contribution in [3.05, 3.63) is 35.9 Å². The van der Waals surface area contributed by atoms with Crippen molar-refractivity contribution in [1.82, 2.24) is 30.1 Å². The highest BCUT2D eigenvalue weighted by Gasteiger charge is 2.42. The maximum Gasteiger partial charge on any atom is 0.407 e. The molecule has 2 fully saturated rings. The van der Waals surface area contributed by atoms with Crippen LogP contribution in [0.25, 0.3) is 5.52 Å². The Morgan fingerprint density at radius 3 is 3.00 bits per heavy atom. The Morgan fingerprint density at radius 1 is 1.38 bits per heavy atom. The van der Waals surface area contributed by atoms with E-state index >= 15 is 0 Å². The monoisotopic (exact) mass is 443 g/mol. The first kappa shape index (κ1) is 20.7. The molecular formula is C21H26FN7O3. The van der Waals surface area contributed by atoms with Gasteiger partial charge < -0.3 is 20.1 Å². The van der Waals surface area contributed by atoms with E-state index in [-0.39, 0.29) is 17.9 Å². The van der Waals surface area contributed by atoms with Gasteiger partial charge in [0.2, 0.25) is 0 Å². The Kier molecular flexibility index (Phi) is 5.20. The van der Waals surface area contributed by atoms with E-state index in [9.17, 15) is 9.18 Å². The van der Waals surface area contributed by atoms with E-state index in [0.717, 1.165) is 29.7 Å². The minimum atomic E-state index is -1.21. The van der Waals surface area contributed by atoms with Crippen LogP contribution in [0.5, 0.6) is 0 Å². The number of carbonyl (C=O) groups excluding carboxylic acids is 1. The number of H-pyrrole nitrogens is 1. The molecule has 0 spiro atoms. The van der Waals surface area contributed by atoms with Crippen LogP contribution < -0.4 is 10.6 Å². The number of amides is 1. The van der Waals surface area contributed by atoms with E-state index in [4.69, 9.17) is 9.47 Å². The van der Waals surface area contributed by atoms with Gasteiger partial charge in [0.15, 0.2) is 11.6 Å². The van der Waals surface area contributed by atoms with Crippen LogP contribution in [0.15, 0.2) is 24.5 Å². The SMILES string of the molecule is COCc1cc2c(Nc3cc([C@@H]4C[C@@H](F)[C@H](OC(=O)NC5(C)CC5)C4)[nH]n3)nccn2n1. The Morgan fingerprint density at radius 2 is 2.22 bits per heavy atom. The number of nitrogens with one attached hydrogen (secondary N) is 3. The summed E-state index contributed by atoms with van der Waals surface area (Å²) in [4.78, 5) is 16.4. The first-order chi connectivity index (χ1) is 15.4. The molecule has 3 aromatic heterocycles. The molecule has 3 atom stereocenters. The summed E-state index contributed by atoms with van der Waals surface area (Å²) in [5, 5.41) is 17.7. The number of ether oxygens (including phenoxy) is 2. The number of aromatic amines is 1. The van der Waals surface area contributed by atoms with Crippen LogP contribution in [-0.2, 0) is 16.1 Å². The van der Waals surface area contributed by atoms with Crippen molar-refractivity contribution in [3.63, 3.8) is 0 Å². The third kappa shape index (κ3) is 4.24. The molecule has 5 rings (SSSR count). The summed E-state index contributed by atoms with van der Waals surface area (Å²) in [6, 6.07) is 3.73. The van der Waals surface area contributed by atoms with Gasteiger partial charge in [-0.05, 0) is 38.7 Å². The van der Waals surface area contributed by atoms with Crippen LogP contribution in [0, 0.1) is 0 Å². The lowest BCUT2D eigenvalue weighted by molar-refractivity contribution is 0.0583. The number of rotatable bonds is 7. The number of methoxy groups -OCH3 is 1. The van der Waals surface area contributed by atoms with Gasteiger partial charge in [0.05, 0.1) is 12.3 Å². The Bertz CT molecular complexity index is 1130. The molecule has 2 aliphatic carbocycles. The summed E-state index contributed by atoms with van der Waals surface area (Å²) in [5.41, 5.74) is 2.17. The van der Waals surface area contributed by atoms with Gasteiger partial charge in [-0.1, -0.05) is 0 Å². The molecule has 0 unspecified atom stereocenters. The molecule has 170 valence electrons. The number of aromatic nitrogens is 5. The molecule has 3 aromatic rings. The molecule has 0 radical (unpaired) electrons. The van der Waals surface area contributed by atoms with Crippen LogP contribution in [0.1, 0.15) is 49.9 Å². The van der Waals surface area contributed by atoms with Crippen molar-refractivity contribution in [2.75, 3.05) is 12.4 Å². The molecule has 2 aliphatic rings. The topological polar surface area (TPSA) is 118 Å². The summed E-state index contributed by atoms with van der Waals surface area (Å²) in [7, 11) is 1.62. The number of carbonyl (C=O) groups is 1. The van der Waals surface area contributed by atoms with Gasteiger partial charge in [0.1, 0.15) is 17.8 Å². The lowest BCUT2D eigenvalue weighted by Gasteiger charge is -2.17. The van der Waals surface area contributed by atoms with Crippen molar-refractivity contribution in [3.8, 4) is 0 Å². The van der Waals surface area contributed by atoms with Crippen LogP contribution in [-0.4, -0.2) is 55.8 Å². The third-order valence-electron chi connectivity index (χ3n) is 6.11. The molecule has 0 aromatic carbocycles. The van der Waals surface area contributed by atoms with Crippen LogP contribution in [0.2, 0.25) is 0 Å². The van der Waals surface area contributed by atoms with Crippen molar-refractivity contribution >= 4 is 23.2 Å². The van der Waals surface area contributed by atoms with Gasteiger partial charge >= 0.3 is 6.09 Å². The lowest BCUT2D eigenvalue weighted by Crippen LogP contribution is -2.38. The average Bonchev–Trinajstić information content (AvgIpc) is 3.12. The van der Waals surface area contributed by atoms with Crippen LogP contribution >= 0.6 is 0 Å². The molecular weight excluding hydrogens is 417 g/mol. The fourth-order valence-electron chi connectivity index (χ4n) is 4.07.